The number of carboxylic acids is 1. The first-order valence-electron chi connectivity index (χ1n) is 5.85. The number of thioether (sulfide) groups is 1. The number of aryl methyl sites for hydroxylation is 2. The van der Waals surface area contributed by atoms with E-state index in [0.717, 1.165) is 0 Å². The van der Waals surface area contributed by atoms with E-state index in [2.05, 4.69) is 29.1 Å². The van der Waals surface area contributed by atoms with E-state index < -0.39 is 5.97 Å². The molecule has 0 unspecified atom stereocenters. The van der Waals surface area contributed by atoms with Crippen LogP contribution >= 0.6 is 11.8 Å². The molecule has 1 heterocycles. The van der Waals surface area contributed by atoms with Crippen molar-refractivity contribution in [1.82, 2.24) is 14.8 Å². The van der Waals surface area contributed by atoms with Crippen LogP contribution in [0.25, 0.3) is 0 Å². The van der Waals surface area contributed by atoms with Crippen molar-refractivity contribution in [3.8, 4) is 0 Å². The standard InChI is InChI=1S/C13H15N3O2S/c1-9-5-3-4-6-10(9)7-11-14-13(16(2)15-11)19-8-12(17)18/h3-6H,7-8H2,1-2H3,(H,17,18). The van der Waals surface area contributed by atoms with Gasteiger partial charge in [0.25, 0.3) is 0 Å². The van der Waals surface area contributed by atoms with Crippen molar-refractivity contribution in [2.75, 3.05) is 5.75 Å². The second-order valence-corrected chi connectivity index (χ2v) is 5.16. The molecule has 0 fully saturated rings. The molecule has 0 aliphatic heterocycles. The Morgan fingerprint density at radius 2 is 2.16 bits per heavy atom. The molecule has 100 valence electrons. The number of carboxylic acid groups (broad SMARTS) is 1. The fourth-order valence-corrected chi connectivity index (χ4v) is 2.38. The van der Waals surface area contributed by atoms with E-state index in [1.54, 1.807) is 11.7 Å². The highest BCUT2D eigenvalue weighted by molar-refractivity contribution is 7.99. The molecule has 0 spiro atoms. The molecular weight excluding hydrogens is 262 g/mol. The zero-order chi connectivity index (χ0) is 13.8. The van der Waals surface area contributed by atoms with Crippen molar-refractivity contribution in [3.63, 3.8) is 0 Å². The predicted octanol–water partition coefficient (Wildman–Crippen LogP) is 1.89. The lowest BCUT2D eigenvalue weighted by atomic mass is 10.1. The minimum Gasteiger partial charge on any atom is -0.481 e. The number of aliphatic carboxylic acids is 1. The summed E-state index contributed by atoms with van der Waals surface area (Å²) in [6, 6.07) is 8.10. The molecule has 0 bridgehead atoms. The van der Waals surface area contributed by atoms with E-state index in [9.17, 15) is 4.79 Å². The van der Waals surface area contributed by atoms with Crippen LogP contribution in [0.5, 0.6) is 0 Å². The van der Waals surface area contributed by atoms with Gasteiger partial charge in [0.15, 0.2) is 11.0 Å². The summed E-state index contributed by atoms with van der Waals surface area (Å²) in [5, 5.41) is 13.6. The molecule has 2 rings (SSSR count). The lowest BCUT2D eigenvalue weighted by Crippen LogP contribution is -2.00. The summed E-state index contributed by atoms with van der Waals surface area (Å²) in [4.78, 5) is 14.9. The SMILES string of the molecule is Cc1ccccc1Cc1nc(SCC(=O)O)n(C)n1. The number of rotatable bonds is 5. The highest BCUT2D eigenvalue weighted by Crippen LogP contribution is 2.17. The van der Waals surface area contributed by atoms with Crippen molar-refractivity contribution in [1.29, 1.82) is 0 Å². The number of aromatic nitrogens is 3. The fraction of sp³-hybridized carbons (Fsp3) is 0.308. The van der Waals surface area contributed by atoms with Gasteiger partial charge < -0.3 is 5.11 Å². The van der Waals surface area contributed by atoms with Gasteiger partial charge in [-0.2, -0.15) is 5.10 Å². The predicted molar refractivity (Wildman–Crippen MR) is 73.3 cm³/mol. The topological polar surface area (TPSA) is 68.0 Å². The zero-order valence-corrected chi connectivity index (χ0v) is 11.6. The summed E-state index contributed by atoms with van der Waals surface area (Å²) < 4.78 is 1.63. The molecule has 5 nitrogen and oxygen atoms in total. The van der Waals surface area contributed by atoms with Crippen LogP contribution in [-0.2, 0) is 18.3 Å². The largest absolute Gasteiger partial charge is 0.481 e. The first-order valence-corrected chi connectivity index (χ1v) is 6.84. The lowest BCUT2D eigenvalue weighted by molar-refractivity contribution is -0.133. The van der Waals surface area contributed by atoms with Crippen LogP contribution in [0.3, 0.4) is 0 Å². The van der Waals surface area contributed by atoms with Gasteiger partial charge in [0.2, 0.25) is 0 Å². The van der Waals surface area contributed by atoms with Crippen molar-refractivity contribution in [3.05, 3.63) is 41.2 Å². The van der Waals surface area contributed by atoms with Crippen LogP contribution in [0.15, 0.2) is 29.4 Å². The van der Waals surface area contributed by atoms with Gasteiger partial charge in [-0.1, -0.05) is 36.0 Å². The van der Waals surface area contributed by atoms with E-state index in [1.807, 2.05) is 12.1 Å². The summed E-state index contributed by atoms with van der Waals surface area (Å²) >= 11 is 1.18. The fourth-order valence-electron chi connectivity index (χ4n) is 1.73. The maximum atomic E-state index is 10.5. The van der Waals surface area contributed by atoms with Crippen LogP contribution in [0.2, 0.25) is 0 Å². The van der Waals surface area contributed by atoms with Gasteiger partial charge in [-0.15, -0.1) is 0 Å². The third-order valence-corrected chi connectivity index (χ3v) is 3.71. The van der Waals surface area contributed by atoms with Crippen LogP contribution < -0.4 is 0 Å². The Kier molecular flexibility index (Phi) is 4.21. The minimum absolute atomic E-state index is 0.00363. The summed E-state index contributed by atoms with van der Waals surface area (Å²) in [6.45, 7) is 2.05. The van der Waals surface area contributed by atoms with Gasteiger partial charge in [-0.05, 0) is 18.1 Å². The molecule has 1 aromatic carbocycles. The average molecular weight is 277 g/mol. The van der Waals surface area contributed by atoms with Gasteiger partial charge in [0.1, 0.15) is 0 Å². The monoisotopic (exact) mass is 277 g/mol. The second-order valence-electron chi connectivity index (χ2n) is 4.22. The van der Waals surface area contributed by atoms with E-state index in [1.165, 1.54) is 22.9 Å². The normalized spacial score (nSPS) is 10.6. The Hall–Kier alpha value is -1.82. The van der Waals surface area contributed by atoms with Crippen molar-refractivity contribution in [2.45, 2.75) is 18.5 Å². The van der Waals surface area contributed by atoms with Gasteiger partial charge in [-0.3, -0.25) is 4.79 Å². The van der Waals surface area contributed by atoms with Crippen LogP contribution in [0, 0.1) is 6.92 Å². The van der Waals surface area contributed by atoms with Crippen LogP contribution in [0.1, 0.15) is 17.0 Å². The Labute approximate surface area is 115 Å². The third kappa shape index (κ3) is 3.57. The van der Waals surface area contributed by atoms with Gasteiger partial charge in [-0.25, -0.2) is 9.67 Å². The van der Waals surface area contributed by atoms with Crippen molar-refractivity contribution >= 4 is 17.7 Å². The Balaban J connectivity index is 2.12. The molecule has 0 aliphatic carbocycles. The van der Waals surface area contributed by atoms with Crippen molar-refractivity contribution in [2.24, 2.45) is 7.05 Å². The quantitative estimate of drug-likeness (QED) is 0.845. The second kappa shape index (κ2) is 5.88. The highest BCUT2D eigenvalue weighted by atomic mass is 32.2. The summed E-state index contributed by atoms with van der Waals surface area (Å²) in [5.41, 5.74) is 2.39. The molecule has 0 saturated carbocycles. The molecule has 6 heteroatoms. The number of hydrogen-bond donors (Lipinski definition) is 1. The van der Waals surface area contributed by atoms with E-state index in [4.69, 9.17) is 5.11 Å². The van der Waals surface area contributed by atoms with Gasteiger partial charge in [0.05, 0.1) is 5.75 Å². The van der Waals surface area contributed by atoms with Gasteiger partial charge in [0, 0.05) is 13.5 Å². The number of hydrogen-bond acceptors (Lipinski definition) is 4. The maximum absolute atomic E-state index is 10.5. The van der Waals surface area contributed by atoms with Crippen molar-refractivity contribution < 1.29 is 9.90 Å². The summed E-state index contributed by atoms with van der Waals surface area (Å²) in [6.07, 6.45) is 0.661. The molecule has 0 amide bonds. The first-order chi connectivity index (χ1) is 9.06. The molecule has 2 aromatic rings. The van der Waals surface area contributed by atoms with Crippen LogP contribution in [0.4, 0.5) is 0 Å². The molecule has 1 N–H and O–H groups in total. The zero-order valence-electron chi connectivity index (χ0n) is 10.8. The van der Waals surface area contributed by atoms with Crippen LogP contribution in [-0.4, -0.2) is 31.6 Å². The Bertz CT molecular complexity index is 595. The average Bonchev–Trinajstić information content (AvgIpc) is 2.70. The molecule has 19 heavy (non-hydrogen) atoms. The molecule has 0 saturated heterocycles. The molecule has 1 aromatic heterocycles. The van der Waals surface area contributed by atoms with E-state index >= 15 is 0 Å². The smallest absolute Gasteiger partial charge is 0.313 e. The maximum Gasteiger partial charge on any atom is 0.313 e. The minimum atomic E-state index is -0.853. The number of benzene rings is 1. The Morgan fingerprint density at radius 1 is 1.42 bits per heavy atom. The van der Waals surface area contributed by atoms with E-state index in [0.29, 0.717) is 17.4 Å². The first kappa shape index (κ1) is 13.6. The number of nitrogens with zero attached hydrogens (tertiary/aromatic N) is 3. The third-order valence-electron chi connectivity index (χ3n) is 2.70. The molecule has 0 radical (unpaired) electrons. The Morgan fingerprint density at radius 3 is 2.84 bits per heavy atom. The summed E-state index contributed by atoms with van der Waals surface area (Å²) in [7, 11) is 1.78. The molecule has 0 atom stereocenters. The summed E-state index contributed by atoms with van der Waals surface area (Å²) in [5.74, 6) is -0.144. The van der Waals surface area contributed by atoms with E-state index in [-0.39, 0.29) is 5.75 Å². The number of carbonyl (C=O) groups is 1. The highest BCUT2D eigenvalue weighted by Gasteiger charge is 2.10. The van der Waals surface area contributed by atoms with Gasteiger partial charge >= 0.3 is 5.97 Å². The lowest BCUT2D eigenvalue weighted by Gasteiger charge is -2.01. The molecule has 0 aliphatic rings. The molecular formula is C13H15N3O2S.